The van der Waals surface area contributed by atoms with Gasteiger partial charge in [-0.2, -0.15) is 0 Å². The highest BCUT2D eigenvalue weighted by Crippen LogP contribution is 2.23. The maximum absolute atomic E-state index is 6.49. The highest BCUT2D eigenvalue weighted by molar-refractivity contribution is 4.85. The topological polar surface area (TPSA) is 21.7 Å². The minimum atomic E-state index is 0.395. The third-order valence-corrected chi connectivity index (χ3v) is 12.2. The molecule has 0 rings (SSSR count). The van der Waals surface area contributed by atoms with E-state index in [1.54, 1.807) is 0 Å². The molecule has 0 atom stereocenters. The van der Waals surface area contributed by atoms with Gasteiger partial charge in [0, 0.05) is 12.8 Å². The molecule has 0 saturated carbocycles. The third-order valence-electron chi connectivity index (χ3n) is 12.2. The van der Waals surface area contributed by atoms with Crippen LogP contribution in [0.5, 0.6) is 0 Å². The molecule has 0 spiro atoms. The van der Waals surface area contributed by atoms with Crippen LogP contribution in [0.25, 0.3) is 0 Å². The van der Waals surface area contributed by atoms with Crippen molar-refractivity contribution in [1.29, 1.82) is 0 Å². The molecule has 0 aliphatic carbocycles. The van der Waals surface area contributed by atoms with Crippen LogP contribution in [-0.2, 0) is 9.47 Å². The van der Waals surface area contributed by atoms with Crippen LogP contribution in [0.1, 0.15) is 285 Å². The zero-order valence-electron chi connectivity index (χ0n) is 39.5. The van der Waals surface area contributed by atoms with Crippen LogP contribution in [-0.4, -0.2) is 37.2 Å². The second kappa shape index (κ2) is 45.1. The molecule has 0 unspecified atom stereocenters. The van der Waals surface area contributed by atoms with Crippen LogP contribution < -0.4 is 0 Å². The quantitative estimate of drug-likeness (QED) is 0.0453. The molecule has 0 heterocycles. The Kier molecular flexibility index (Phi) is 44.4. The van der Waals surface area contributed by atoms with Crippen molar-refractivity contribution in [3.63, 3.8) is 0 Å². The van der Waals surface area contributed by atoms with Gasteiger partial charge in [0.05, 0.1) is 23.7 Å². The molecule has 0 fully saturated rings. The van der Waals surface area contributed by atoms with E-state index in [1.807, 2.05) is 0 Å². The van der Waals surface area contributed by atoms with Crippen molar-refractivity contribution in [2.75, 3.05) is 20.1 Å². The summed E-state index contributed by atoms with van der Waals surface area (Å²) < 4.78 is 13.0. The van der Waals surface area contributed by atoms with Gasteiger partial charge in [-0.15, -0.1) is 0 Å². The molecule has 334 valence electrons. The fraction of sp³-hybridized carbons (Fsp3) is 0.925. The van der Waals surface area contributed by atoms with Crippen molar-refractivity contribution in [2.45, 2.75) is 297 Å². The van der Waals surface area contributed by atoms with Crippen molar-refractivity contribution in [3.05, 3.63) is 24.7 Å². The van der Waals surface area contributed by atoms with E-state index in [2.05, 4.69) is 52.8 Å². The molecule has 0 bridgehead atoms. The maximum Gasteiger partial charge on any atom is 0.0982 e. The summed E-state index contributed by atoms with van der Waals surface area (Å²) in [4.78, 5) is 2.56. The monoisotopic (exact) mass is 788 g/mol. The first-order valence-electron chi connectivity index (χ1n) is 25.8. The highest BCUT2D eigenvalue weighted by atomic mass is 16.5. The Morgan fingerprint density at radius 1 is 0.339 bits per heavy atom. The summed E-state index contributed by atoms with van der Waals surface area (Å²) in [5, 5.41) is 0. The molecule has 0 aromatic carbocycles. The maximum atomic E-state index is 6.49. The molecule has 0 radical (unpaired) electrons. The Morgan fingerprint density at radius 2 is 0.571 bits per heavy atom. The van der Waals surface area contributed by atoms with Gasteiger partial charge in [0.2, 0.25) is 0 Å². The van der Waals surface area contributed by atoms with Crippen LogP contribution in [0.3, 0.4) is 0 Å². The third kappa shape index (κ3) is 41.2. The number of hydrogen-bond acceptors (Lipinski definition) is 3. The van der Waals surface area contributed by atoms with Gasteiger partial charge in [0.1, 0.15) is 0 Å². The molecule has 0 N–H and O–H groups in total. The second-order valence-electron chi connectivity index (χ2n) is 18.1. The SMILES string of the molecule is C=C(CCCCCCCN(C)CCCCCCCC(=C)OC(CCCCCCCC)CCCCCCCC)OC(CCCCCCCC)CCCCCCCC. The fourth-order valence-corrected chi connectivity index (χ4v) is 8.30. The van der Waals surface area contributed by atoms with Crippen LogP contribution in [0.15, 0.2) is 24.7 Å². The normalized spacial score (nSPS) is 11.7. The average molecular weight is 788 g/mol. The first-order valence-corrected chi connectivity index (χ1v) is 25.8. The minimum absolute atomic E-state index is 0.395. The van der Waals surface area contributed by atoms with E-state index in [-0.39, 0.29) is 0 Å². The zero-order valence-corrected chi connectivity index (χ0v) is 39.5. The zero-order chi connectivity index (χ0) is 41.0. The smallest absolute Gasteiger partial charge is 0.0982 e. The first kappa shape index (κ1) is 55.0. The number of hydrogen-bond donors (Lipinski definition) is 0. The van der Waals surface area contributed by atoms with E-state index < -0.39 is 0 Å². The van der Waals surface area contributed by atoms with Crippen LogP contribution in [0.2, 0.25) is 0 Å². The summed E-state index contributed by atoms with van der Waals surface area (Å²) >= 11 is 0. The van der Waals surface area contributed by atoms with Crippen LogP contribution in [0, 0.1) is 0 Å². The van der Waals surface area contributed by atoms with Gasteiger partial charge in [-0.05, 0) is 97.2 Å². The Bertz CT molecular complexity index is 699. The van der Waals surface area contributed by atoms with E-state index in [0.29, 0.717) is 12.2 Å². The fourth-order valence-electron chi connectivity index (χ4n) is 8.30. The average Bonchev–Trinajstić information content (AvgIpc) is 3.19. The van der Waals surface area contributed by atoms with Gasteiger partial charge >= 0.3 is 0 Å². The number of nitrogens with zero attached hydrogens (tertiary/aromatic N) is 1. The van der Waals surface area contributed by atoms with Crippen LogP contribution in [0.4, 0.5) is 0 Å². The number of ether oxygens (including phenoxy) is 2. The number of allylic oxidation sites excluding steroid dienone is 2. The Labute approximate surface area is 354 Å². The van der Waals surface area contributed by atoms with Gasteiger partial charge in [-0.25, -0.2) is 0 Å². The molecule has 0 aliphatic rings. The summed E-state index contributed by atoms with van der Waals surface area (Å²) in [6.45, 7) is 20.4. The van der Waals surface area contributed by atoms with Gasteiger partial charge in [-0.1, -0.05) is 208 Å². The number of rotatable bonds is 48. The Balaban J connectivity index is 4.02. The lowest BCUT2D eigenvalue weighted by molar-refractivity contribution is 0.0893. The lowest BCUT2D eigenvalue weighted by Crippen LogP contribution is -2.20. The molecule has 3 heteroatoms. The van der Waals surface area contributed by atoms with E-state index in [4.69, 9.17) is 9.47 Å². The lowest BCUT2D eigenvalue weighted by atomic mass is 10.0. The van der Waals surface area contributed by atoms with Crippen molar-refractivity contribution >= 4 is 0 Å². The predicted molar refractivity (Wildman–Crippen MR) is 253 cm³/mol. The Morgan fingerprint density at radius 3 is 0.857 bits per heavy atom. The van der Waals surface area contributed by atoms with Gasteiger partial charge in [0.15, 0.2) is 0 Å². The predicted octanol–water partition coefficient (Wildman–Crippen LogP) is 18.4. The molecule has 0 amide bonds. The molecule has 3 nitrogen and oxygen atoms in total. The van der Waals surface area contributed by atoms with Crippen molar-refractivity contribution < 1.29 is 9.47 Å². The van der Waals surface area contributed by atoms with Crippen molar-refractivity contribution in [1.82, 2.24) is 4.90 Å². The summed E-state index contributed by atoms with van der Waals surface area (Å²) in [7, 11) is 2.32. The summed E-state index contributed by atoms with van der Waals surface area (Å²) in [5.74, 6) is 2.10. The highest BCUT2D eigenvalue weighted by Gasteiger charge is 2.13. The standard InChI is InChI=1S/C53H105NO2/c1-8-12-16-20-28-36-44-52(45-37-29-21-17-13-9-2)55-50(5)42-34-26-24-32-40-48-54(7)49-41-33-25-27-35-43-51(6)56-53(46-38-30-22-18-14-10-3)47-39-31-23-19-15-11-4/h52-53H,5-6,8-49H2,1-4,7H3. The molecule has 0 aromatic heterocycles. The largest absolute Gasteiger partial charge is 0.495 e. The summed E-state index contributed by atoms with van der Waals surface area (Å²) in [6, 6.07) is 0. The summed E-state index contributed by atoms with van der Waals surface area (Å²) in [6.07, 6.45) is 53.6. The van der Waals surface area contributed by atoms with Gasteiger partial charge in [-0.3, -0.25) is 0 Å². The lowest BCUT2D eigenvalue weighted by Gasteiger charge is -2.21. The molecule has 0 saturated heterocycles. The molecular formula is C53H105NO2. The van der Waals surface area contributed by atoms with E-state index in [0.717, 1.165) is 24.4 Å². The molecular weight excluding hydrogens is 683 g/mol. The van der Waals surface area contributed by atoms with Gasteiger partial charge in [0.25, 0.3) is 0 Å². The van der Waals surface area contributed by atoms with Gasteiger partial charge < -0.3 is 14.4 Å². The molecule has 0 aliphatic heterocycles. The molecule has 56 heavy (non-hydrogen) atoms. The molecule has 0 aromatic rings. The van der Waals surface area contributed by atoms with E-state index in [9.17, 15) is 0 Å². The van der Waals surface area contributed by atoms with E-state index in [1.165, 1.54) is 257 Å². The minimum Gasteiger partial charge on any atom is -0.495 e. The van der Waals surface area contributed by atoms with Crippen molar-refractivity contribution in [2.24, 2.45) is 0 Å². The van der Waals surface area contributed by atoms with E-state index >= 15 is 0 Å². The van der Waals surface area contributed by atoms with Crippen LogP contribution >= 0.6 is 0 Å². The summed E-state index contributed by atoms with van der Waals surface area (Å²) in [5.41, 5.74) is 0. The van der Waals surface area contributed by atoms with Crippen molar-refractivity contribution in [3.8, 4) is 0 Å². The number of unbranched alkanes of at least 4 members (excludes halogenated alkanes) is 28. The Hall–Kier alpha value is -0.960. The first-order chi connectivity index (χ1) is 27.5. The second-order valence-corrected chi connectivity index (χ2v) is 18.1.